The van der Waals surface area contributed by atoms with Gasteiger partial charge in [0.05, 0.1) is 11.6 Å². The molecule has 0 aromatic heterocycles. The molecule has 2 atom stereocenters. The lowest BCUT2D eigenvalue weighted by Crippen LogP contribution is -2.52. The molecule has 2 aromatic carbocycles. The van der Waals surface area contributed by atoms with Gasteiger partial charge in [0.25, 0.3) is 5.91 Å². The summed E-state index contributed by atoms with van der Waals surface area (Å²) in [4.78, 5) is 25.1. The summed E-state index contributed by atoms with van der Waals surface area (Å²) >= 11 is 0. The van der Waals surface area contributed by atoms with Crippen molar-refractivity contribution >= 4 is 18.1 Å². The van der Waals surface area contributed by atoms with Crippen LogP contribution in [0.4, 0.5) is 0 Å². The highest BCUT2D eigenvalue weighted by molar-refractivity contribution is 5.96. The lowest BCUT2D eigenvalue weighted by molar-refractivity contribution is -0.168. The van der Waals surface area contributed by atoms with Gasteiger partial charge in [-0.15, -0.1) is 0 Å². The first-order valence-electron chi connectivity index (χ1n) is 9.53. The summed E-state index contributed by atoms with van der Waals surface area (Å²) in [6.45, 7) is 5.74. The summed E-state index contributed by atoms with van der Waals surface area (Å²) < 4.78 is 5.57. The van der Waals surface area contributed by atoms with E-state index in [0.717, 1.165) is 16.7 Å². The van der Waals surface area contributed by atoms with Crippen molar-refractivity contribution in [2.45, 2.75) is 39.2 Å². The van der Waals surface area contributed by atoms with Crippen LogP contribution < -0.4 is 5.43 Å². The second-order valence-corrected chi connectivity index (χ2v) is 8.36. The van der Waals surface area contributed by atoms with Crippen LogP contribution in [0.25, 0.3) is 11.1 Å². The predicted octanol–water partition coefficient (Wildman–Crippen LogP) is 3.93. The van der Waals surface area contributed by atoms with Gasteiger partial charge in [-0.05, 0) is 36.5 Å². The van der Waals surface area contributed by atoms with E-state index in [2.05, 4.69) is 22.7 Å². The fraction of sp³-hybridized carbons (Fsp3) is 0.348. The molecule has 2 aromatic rings. The van der Waals surface area contributed by atoms with Crippen LogP contribution in [0.1, 0.15) is 39.2 Å². The molecule has 0 radical (unpaired) electrons. The Morgan fingerprint density at radius 1 is 1.00 bits per heavy atom. The first-order valence-corrected chi connectivity index (χ1v) is 9.53. The van der Waals surface area contributed by atoms with Crippen LogP contribution in [-0.2, 0) is 14.3 Å². The van der Waals surface area contributed by atoms with Crippen LogP contribution in [0.2, 0.25) is 0 Å². The van der Waals surface area contributed by atoms with Crippen LogP contribution in [-0.4, -0.2) is 23.7 Å². The molecule has 144 valence electrons. The Kier molecular flexibility index (Phi) is 4.14. The molecule has 1 saturated carbocycles. The molecule has 1 saturated heterocycles. The Bertz CT molecular complexity index is 950. The Morgan fingerprint density at radius 3 is 2.21 bits per heavy atom. The highest BCUT2D eigenvalue weighted by Crippen LogP contribution is 2.65. The number of benzene rings is 2. The SMILES string of the molecule is CC12CCC(C(=O)N/N=C/c3ccc(-c4ccccc4)cc3)(OC1=O)C2(C)C. The van der Waals surface area contributed by atoms with Crippen molar-refractivity contribution in [3.05, 3.63) is 60.2 Å². The molecule has 1 N–H and O–H groups in total. The number of hydrazone groups is 1. The number of fused-ring (bicyclic) bond motifs is 2. The molecule has 2 aliphatic rings. The molecule has 2 fully saturated rings. The second-order valence-electron chi connectivity index (χ2n) is 8.36. The topological polar surface area (TPSA) is 67.8 Å². The number of carbonyl (C=O) groups is 2. The number of esters is 1. The highest BCUT2D eigenvalue weighted by atomic mass is 16.6. The van der Waals surface area contributed by atoms with E-state index in [9.17, 15) is 9.59 Å². The molecule has 1 aliphatic heterocycles. The van der Waals surface area contributed by atoms with Gasteiger partial charge in [0.15, 0.2) is 5.60 Å². The van der Waals surface area contributed by atoms with Gasteiger partial charge in [0.2, 0.25) is 0 Å². The van der Waals surface area contributed by atoms with Crippen molar-refractivity contribution in [3.63, 3.8) is 0 Å². The quantitative estimate of drug-likeness (QED) is 0.499. The van der Waals surface area contributed by atoms with E-state index in [-0.39, 0.29) is 11.9 Å². The Morgan fingerprint density at radius 2 is 1.64 bits per heavy atom. The largest absolute Gasteiger partial charge is 0.448 e. The molecule has 5 heteroatoms. The van der Waals surface area contributed by atoms with Crippen LogP contribution in [0.3, 0.4) is 0 Å². The zero-order valence-corrected chi connectivity index (χ0v) is 16.4. The van der Waals surface area contributed by atoms with E-state index in [1.807, 2.05) is 63.2 Å². The van der Waals surface area contributed by atoms with E-state index in [1.54, 1.807) is 6.21 Å². The third kappa shape index (κ3) is 2.49. The average molecular weight is 376 g/mol. The highest BCUT2D eigenvalue weighted by Gasteiger charge is 2.75. The fourth-order valence-electron chi connectivity index (χ4n) is 4.40. The second kappa shape index (κ2) is 6.30. The lowest BCUT2D eigenvalue weighted by Gasteiger charge is -2.34. The third-order valence-corrected chi connectivity index (χ3v) is 6.85. The van der Waals surface area contributed by atoms with Gasteiger partial charge in [-0.1, -0.05) is 68.4 Å². The number of nitrogens with zero attached hydrogens (tertiary/aromatic N) is 1. The number of rotatable bonds is 4. The van der Waals surface area contributed by atoms with Crippen LogP contribution >= 0.6 is 0 Å². The standard InChI is InChI=1S/C23H24N2O3/c1-21(2)22(3)13-14-23(21,28-20(22)27)19(26)25-24-15-16-9-11-18(12-10-16)17-7-5-4-6-8-17/h4-12,15H,13-14H2,1-3H3,(H,25,26)/b24-15+. The van der Waals surface area contributed by atoms with Gasteiger partial charge in [-0.25, -0.2) is 5.43 Å². The summed E-state index contributed by atoms with van der Waals surface area (Å²) in [5.74, 6) is -0.649. The van der Waals surface area contributed by atoms with Gasteiger partial charge in [0.1, 0.15) is 0 Å². The van der Waals surface area contributed by atoms with E-state index < -0.39 is 16.4 Å². The van der Waals surface area contributed by atoms with Gasteiger partial charge >= 0.3 is 5.97 Å². The number of carbonyl (C=O) groups excluding carboxylic acids is 2. The van der Waals surface area contributed by atoms with E-state index >= 15 is 0 Å². The summed E-state index contributed by atoms with van der Waals surface area (Å²) in [6.07, 6.45) is 2.77. The van der Waals surface area contributed by atoms with E-state index in [4.69, 9.17) is 4.74 Å². The lowest BCUT2D eigenvalue weighted by atomic mass is 9.66. The summed E-state index contributed by atoms with van der Waals surface area (Å²) in [7, 11) is 0. The van der Waals surface area contributed by atoms with E-state index in [1.165, 1.54) is 0 Å². The molecular weight excluding hydrogens is 352 g/mol. The minimum absolute atomic E-state index is 0.292. The van der Waals surface area contributed by atoms with Gasteiger partial charge in [0, 0.05) is 5.41 Å². The van der Waals surface area contributed by atoms with Crippen molar-refractivity contribution in [3.8, 4) is 11.1 Å². The molecule has 0 spiro atoms. The zero-order valence-electron chi connectivity index (χ0n) is 16.4. The fourth-order valence-corrected chi connectivity index (χ4v) is 4.40. The maximum absolute atomic E-state index is 12.9. The molecular formula is C23H24N2O3. The van der Waals surface area contributed by atoms with E-state index in [0.29, 0.717) is 12.8 Å². The predicted molar refractivity (Wildman–Crippen MR) is 108 cm³/mol. The Hall–Kier alpha value is -2.95. The van der Waals surface area contributed by atoms with Crippen molar-refractivity contribution in [2.24, 2.45) is 15.9 Å². The Balaban J connectivity index is 1.46. The van der Waals surface area contributed by atoms with Gasteiger partial charge in [-0.3, -0.25) is 9.59 Å². The number of ether oxygens (including phenoxy) is 1. The summed E-state index contributed by atoms with van der Waals surface area (Å²) in [5.41, 5.74) is 3.37. The summed E-state index contributed by atoms with van der Waals surface area (Å²) in [5, 5.41) is 4.10. The number of hydrogen-bond donors (Lipinski definition) is 1. The van der Waals surface area contributed by atoms with Gasteiger partial charge < -0.3 is 4.74 Å². The molecule has 1 aliphatic carbocycles. The van der Waals surface area contributed by atoms with Crippen molar-refractivity contribution < 1.29 is 14.3 Å². The zero-order chi connectivity index (χ0) is 20.0. The monoisotopic (exact) mass is 376 g/mol. The average Bonchev–Trinajstić information content (AvgIpc) is 2.99. The van der Waals surface area contributed by atoms with Crippen molar-refractivity contribution in [2.75, 3.05) is 0 Å². The Labute approximate surface area is 164 Å². The first-order chi connectivity index (χ1) is 13.3. The van der Waals surface area contributed by atoms with Crippen molar-refractivity contribution in [1.29, 1.82) is 0 Å². The van der Waals surface area contributed by atoms with Crippen LogP contribution in [0, 0.1) is 10.8 Å². The smallest absolute Gasteiger partial charge is 0.313 e. The normalized spacial score (nSPS) is 27.8. The number of hydrogen-bond acceptors (Lipinski definition) is 4. The molecule has 1 heterocycles. The molecule has 2 bridgehead atoms. The molecule has 2 unspecified atom stereocenters. The van der Waals surface area contributed by atoms with Crippen LogP contribution in [0.15, 0.2) is 59.7 Å². The maximum Gasteiger partial charge on any atom is 0.313 e. The molecule has 1 amide bonds. The third-order valence-electron chi connectivity index (χ3n) is 6.85. The van der Waals surface area contributed by atoms with Gasteiger partial charge in [-0.2, -0.15) is 5.10 Å². The number of nitrogens with one attached hydrogen (secondary N) is 1. The molecule has 5 nitrogen and oxygen atoms in total. The molecule has 4 rings (SSSR count). The first kappa shape index (κ1) is 18.4. The number of amides is 1. The minimum Gasteiger partial charge on any atom is -0.448 e. The maximum atomic E-state index is 12.9. The van der Waals surface area contributed by atoms with Crippen molar-refractivity contribution in [1.82, 2.24) is 5.43 Å². The summed E-state index contributed by atoms with van der Waals surface area (Å²) in [6, 6.07) is 18.0. The minimum atomic E-state index is -1.15. The van der Waals surface area contributed by atoms with Crippen LogP contribution in [0.5, 0.6) is 0 Å². The molecule has 28 heavy (non-hydrogen) atoms.